The third-order valence-corrected chi connectivity index (χ3v) is 3.73. The molecule has 1 heterocycles. The number of likely N-dealkylation sites (tertiary alicyclic amines) is 1. The number of benzene rings is 1. The predicted molar refractivity (Wildman–Crippen MR) is 77.7 cm³/mol. The van der Waals surface area contributed by atoms with Gasteiger partial charge in [-0.05, 0) is 25.5 Å². The van der Waals surface area contributed by atoms with E-state index < -0.39 is 23.9 Å². The van der Waals surface area contributed by atoms with Gasteiger partial charge < -0.3 is 10.5 Å². The first-order valence-electron chi connectivity index (χ1n) is 6.65. The van der Waals surface area contributed by atoms with E-state index in [1.165, 1.54) is 19.1 Å². The van der Waals surface area contributed by atoms with Crippen molar-refractivity contribution in [3.8, 4) is 5.75 Å². The van der Waals surface area contributed by atoms with Gasteiger partial charge in [-0.3, -0.25) is 4.79 Å². The van der Waals surface area contributed by atoms with Crippen molar-refractivity contribution < 1.29 is 22.7 Å². The van der Waals surface area contributed by atoms with Crippen LogP contribution in [0, 0.1) is 0 Å². The van der Waals surface area contributed by atoms with E-state index in [1.807, 2.05) is 0 Å². The Bertz CT molecular complexity index is 513. The molecule has 1 aliphatic rings. The van der Waals surface area contributed by atoms with Gasteiger partial charge in [-0.1, -0.05) is 18.2 Å². The molecule has 1 fully saturated rings. The predicted octanol–water partition coefficient (Wildman–Crippen LogP) is 2.72. The van der Waals surface area contributed by atoms with Crippen LogP contribution in [0.15, 0.2) is 30.3 Å². The fourth-order valence-corrected chi connectivity index (χ4v) is 2.63. The van der Waals surface area contributed by atoms with Gasteiger partial charge in [0.15, 0.2) is 0 Å². The Morgan fingerprint density at radius 3 is 2.45 bits per heavy atom. The molecule has 0 aliphatic carbocycles. The Hall–Kier alpha value is -1.47. The third-order valence-electron chi connectivity index (χ3n) is 3.73. The van der Waals surface area contributed by atoms with E-state index >= 15 is 0 Å². The molecular formula is C14H18ClF3N2O2. The molecule has 1 saturated heterocycles. The van der Waals surface area contributed by atoms with E-state index in [1.54, 1.807) is 18.2 Å². The number of halogens is 4. The molecule has 2 rings (SSSR count). The molecule has 2 N–H and O–H groups in total. The van der Waals surface area contributed by atoms with Crippen LogP contribution in [0.1, 0.15) is 19.8 Å². The highest BCUT2D eigenvalue weighted by Gasteiger charge is 2.64. The maximum atomic E-state index is 13.7. The molecule has 0 saturated carbocycles. The molecular weight excluding hydrogens is 321 g/mol. The zero-order valence-electron chi connectivity index (χ0n) is 12.0. The van der Waals surface area contributed by atoms with Crippen molar-refractivity contribution in [2.75, 3.05) is 6.54 Å². The van der Waals surface area contributed by atoms with E-state index in [0.29, 0.717) is 0 Å². The van der Waals surface area contributed by atoms with E-state index in [9.17, 15) is 18.0 Å². The molecule has 1 aliphatic heterocycles. The summed E-state index contributed by atoms with van der Waals surface area (Å²) in [5.41, 5.74) is 2.66. The Balaban J connectivity index is 0.00000242. The lowest BCUT2D eigenvalue weighted by molar-refractivity contribution is -0.296. The minimum absolute atomic E-state index is 0. The van der Waals surface area contributed by atoms with Crippen molar-refractivity contribution in [2.45, 2.75) is 37.7 Å². The van der Waals surface area contributed by atoms with Gasteiger partial charge >= 0.3 is 6.18 Å². The number of carbonyl (C=O) groups is 1. The fraction of sp³-hybridized carbons (Fsp3) is 0.500. The number of amides is 1. The van der Waals surface area contributed by atoms with E-state index in [4.69, 9.17) is 10.5 Å². The summed E-state index contributed by atoms with van der Waals surface area (Å²) in [5, 5.41) is 0. The molecule has 1 aromatic rings. The fourth-order valence-electron chi connectivity index (χ4n) is 2.63. The van der Waals surface area contributed by atoms with Crippen molar-refractivity contribution in [1.29, 1.82) is 0 Å². The summed E-state index contributed by atoms with van der Waals surface area (Å²) < 4.78 is 46.3. The molecule has 2 unspecified atom stereocenters. The van der Waals surface area contributed by atoms with Crippen LogP contribution in [-0.4, -0.2) is 35.3 Å². The normalized spacial score (nSPS) is 23.6. The van der Waals surface area contributed by atoms with E-state index in [0.717, 1.165) is 4.90 Å². The first-order valence-corrected chi connectivity index (χ1v) is 6.65. The number of alkyl halides is 3. The lowest BCUT2D eigenvalue weighted by atomic mass is 10.1. The number of para-hydroxylation sites is 1. The van der Waals surface area contributed by atoms with Crippen molar-refractivity contribution in [1.82, 2.24) is 4.90 Å². The van der Waals surface area contributed by atoms with E-state index in [2.05, 4.69) is 0 Å². The zero-order valence-corrected chi connectivity index (χ0v) is 12.8. The number of carbonyl (C=O) groups excluding carboxylic acids is 1. The van der Waals surface area contributed by atoms with Gasteiger partial charge in [-0.2, -0.15) is 13.2 Å². The summed E-state index contributed by atoms with van der Waals surface area (Å²) in [4.78, 5) is 12.3. The average Bonchev–Trinajstić information content (AvgIpc) is 2.83. The maximum absolute atomic E-state index is 13.7. The van der Waals surface area contributed by atoms with Gasteiger partial charge in [0.2, 0.25) is 5.91 Å². The number of hydrogen-bond donors (Lipinski definition) is 1. The van der Waals surface area contributed by atoms with Crippen LogP contribution in [0.5, 0.6) is 5.75 Å². The molecule has 1 aromatic carbocycles. The van der Waals surface area contributed by atoms with Crippen LogP contribution < -0.4 is 10.5 Å². The van der Waals surface area contributed by atoms with E-state index in [-0.39, 0.29) is 37.5 Å². The van der Waals surface area contributed by atoms with Crippen LogP contribution in [-0.2, 0) is 4.79 Å². The largest absolute Gasteiger partial charge is 0.463 e. The van der Waals surface area contributed by atoms with Crippen LogP contribution in [0.2, 0.25) is 0 Å². The number of hydrogen-bond acceptors (Lipinski definition) is 3. The molecule has 0 bridgehead atoms. The van der Waals surface area contributed by atoms with Crippen molar-refractivity contribution in [2.24, 2.45) is 5.73 Å². The highest BCUT2D eigenvalue weighted by atomic mass is 35.5. The minimum atomic E-state index is -4.64. The second kappa shape index (κ2) is 6.75. The molecule has 0 aromatic heterocycles. The van der Waals surface area contributed by atoms with Crippen molar-refractivity contribution in [3.63, 3.8) is 0 Å². The van der Waals surface area contributed by atoms with Crippen LogP contribution in [0.25, 0.3) is 0 Å². The molecule has 1 amide bonds. The summed E-state index contributed by atoms with van der Waals surface area (Å²) in [6.45, 7) is 1.47. The van der Waals surface area contributed by atoms with Crippen LogP contribution in [0.4, 0.5) is 13.2 Å². The molecule has 4 nitrogen and oxygen atoms in total. The smallest absolute Gasteiger partial charge is 0.443 e. The van der Waals surface area contributed by atoms with Gasteiger partial charge in [0.1, 0.15) is 5.75 Å². The maximum Gasteiger partial charge on any atom is 0.443 e. The zero-order chi connectivity index (χ0) is 15.7. The molecule has 0 spiro atoms. The molecule has 2 atom stereocenters. The summed E-state index contributed by atoms with van der Waals surface area (Å²) >= 11 is 0. The summed E-state index contributed by atoms with van der Waals surface area (Å²) in [5.74, 6) is -0.694. The average molecular weight is 339 g/mol. The number of rotatable bonds is 4. The van der Waals surface area contributed by atoms with Gasteiger partial charge in [-0.15, -0.1) is 12.4 Å². The van der Waals surface area contributed by atoms with Gasteiger partial charge in [-0.25, -0.2) is 4.90 Å². The number of nitrogens with two attached hydrogens (primary N) is 1. The van der Waals surface area contributed by atoms with Crippen LogP contribution >= 0.6 is 12.4 Å². The topological polar surface area (TPSA) is 55.6 Å². The van der Waals surface area contributed by atoms with Gasteiger partial charge in [0.25, 0.3) is 5.72 Å². The van der Waals surface area contributed by atoms with Crippen molar-refractivity contribution >= 4 is 18.3 Å². The number of ether oxygens (including phenoxy) is 1. The van der Waals surface area contributed by atoms with Gasteiger partial charge in [0.05, 0.1) is 6.04 Å². The lowest BCUT2D eigenvalue weighted by Gasteiger charge is -2.41. The summed E-state index contributed by atoms with van der Waals surface area (Å²) in [6.07, 6.45) is -4.59. The molecule has 22 heavy (non-hydrogen) atoms. The Morgan fingerprint density at radius 1 is 1.36 bits per heavy atom. The third kappa shape index (κ3) is 3.30. The first kappa shape index (κ1) is 18.6. The Kier molecular flexibility index (Phi) is 5.70. The monoisotopic (exact) mass is 338 g/mol. The van der Waals surface area contributed by atoms with Gasteiger partial charge in [0, 0.05) is 13.0 Å². The second-order valence-electron chi connectivity index (χ2n) is 5.07. The molecule has 8 heteroatoms. The first-order chi connectivity index (χ1) is 9.78. The minimum Gasteiger partial charge on any atom is -0.463 e. The highest BCUT2D eigenvalue weighted by Crippen LogP contribution is 2.45. The van der Waals surface area contributed by atoms with Crippen LogP contribution in [0.3, 0.4) is 0 Å². The Labute approximate surface area is 132 Å². The molecule has 124 valence electrons. The van der Waals surface area contributed by atoms with Crippen molar-refractivity contribution in [3.05, 3.63) is 30.3 Å². The number of nitrogens with zero attached hydrogens (tertiary/aromatic N) is 1. The molecule has 0 radical (unpaired) electrons. The summed E-state index contributed by atoms with van der Waals surface area (Å²) in [7, 11) is 0. The Morgan fingerprint density at radius 2 is 1.95 bits per heavy atom. The quantitative estimate of drug-likeness (QED) is 0.918. The second-order valence-corrected chi connectivity index (χ2v) is 5.07. The lowest BCUT2D eigenvalue weighted by Crippen LogP contribution is -2.63. The number of primary amides is 1. The highest BCUT2D eigenvalue weighted by molar-refractivity contribution is 5.85. The summed E-state index contributed by atoms with van der Waals surface area (Å²) in [6, 6.07) is 6.73. The SMILES string of the molecule is CC(C(N)=O)N1CCCC1(Oc1ccccc1)C(F)(F)F.Cl. The standard InChI is InChI=1S/C14H17F3N2O2.ClH/c1-10(12(18)20)19-9-5-8-13(19,14(15,16)17)21-11-6-3-2-4-7-11;/h2-4,6-7,10H,5,8-9H2,1H3,(H2,18,20);1H.